The molecular weight excluding hydrogens is 720 g/mol. The Kier molecular flexibility index (Phi) is 14.6. The molecule has 4 N–H and O–H groups in total. The highest BCUT2D eigenvalue weighted by Crippen LogP contribution is 2.47. The van der Waals surface area contributed by atoms with Gasteiger partial charge >= 0.3 is 11.9 Å². The minimum absolute atomic E-state index is 0.00816. The second-order valence-corrected chi connectivity index (χ2v) is 14.5. The molecule has 5 rings (SSSR count). The molecule has 1 saturated heterocycles. The summed E-state index contributed by atoms with van der Waals surface area (Å²) in [5.41, 5.74) is 2.13. The summed E-state index contributed by atoms with van der Waals surface area (Å²) in [5, 5.41) is 24.1. The zero-order valence-electron chi connectivity index (χ0n) is 31.8. The summed E-state index contributed by atoms with van der Waals surface area (Å²) in [6.45, 7) is 4.95. The monoisotopic (exact) mass is 770 g/mol. The Balaban J connectivity index is 1.29. The van der Waals surface area contributed by atoms with E-state index in [9.17, 15) is 24.3 Å². The fourth-order valence-electron chi connectivity index (χ4n) is 6.37. The maximum absolute atomic E-state index is 13.6. The number of fused-ring (bicyclic) bond motifs is 1. The number of benzene rings is 3. The Morgan fingerprint density at radius 2 is 1.57 bits per heavy atom. The average molecular weight is 771 g/mol. The molecule has 0 spiro atoms. The third kappa shape index (κ3) is 11.4. The van der Waals surface area contributed by atoms with Crippen molar-refractivity contribution >= 4 is 29.8 Å². The molecule has 0 radical (unpaired) electrons. The predicted octanol–water partition coefficient (Wildman–Crippen LogP) is 4.31. The molecule has 3 aromatic carbocycles. The third-order valence-corrected chi connectivity index (χ3v) is 8.99. The molecule has 2 amide bonds. The molecule has 1 fully saturated rings. The smallest absolute Gasteiger partial charge is 0.338 e. The van der Waals surface area contributed by atoms with Crippen LogP contribution in [0.5, 0.6) is 0 Å². The molecule has 0 aromatic heterocycles. The van der Waals surface area contributed by atoms with Crippen LogP contribution < -0.4 is 10.6 Å². The van der Waals surface area contributed by atoms with Gasteiger partial charge in [-0.15, -0.1) is 0 Å². The number of esters is 2. The highest BCUT2D eigenvalue weighted by atomic mass is 16.8. The molecule has 56 heavy (non-hydrogen) atoms. The van der Waals surface area contributed by atoms with Gasteiger partial charge in [0.2, 0.25) is 17.6 Å². The standard InChI is InChI=1S/C43H50N2O11/c1-42(2,3)55-38(49)19-18-34(28-47)45-37(48)20-22-44-40(50)31-26-35(53-41(51)30-16-14-29(15-17-30)21-24-52-25-23-46)39-36(27-31)54-43(56-39,32-10-6-4-7-11-32)33-12-8-5-9-13-33/h4-17,21,24,27,34-36,39,46-47H,18-20,22-23,25-26,28H2,1-3H3,(H,44,50)(H,45,48)/t34-,35+,36+,39-/m0/s1. The van der Waals surface area contributed by atoms with Crippen molar-refractivity contribution in [3.8, 4) is 0 Å². The lowest BCUT2D eigenvalue weighted by Crippen LogP contribution is -2.44. The van der Waals surface area contributed by atoms with Crippen molar-refractivity contribution < 1.29 is 53.1 Å². The Labute approximate surface area is 326 Å². The lowest BCUT2D eigenvalue weighted by Gasteiger charge is -2.31. The highest BCUT2D eigenvalue weighted by molar-refractivity contribution is 5.94. The molecule has 4 atom stereocenters. The molecule has 1 aliphatic carbocycles. The van der Waals surface area contributed by atoms with Crippen molar-refractivity contribution in [3.63, 3.8) is 0 Å². The largest absolute Gasteiger partial charge is 0.499 e. The summed E-state index contributed by atoms with van der Waals surface area (Å²) in [7, 11) is 0. The maximum atomic E-state index is 13.6. The molecule has 298 valence electrons. The molecule has 0 unspecified atom stereocenters. The Morgan fingerprint density at radius 1 is 0.911 bits per heavy atom. The number of aliphatic hydroxyl groups excluding tert-OH is 2. The summed E-state index contributed by atoms with van der Waals surface area (Å²) in [6.07, 6.45) is 2.45. The Morgan fingerprint density at radius 3 is 2.18 bits per heavy atom. The van der Waals surface area contributed by atoms with E-state index < -0.39 is 59.5 Å². The lowest BCUT2D eigenvalue weighted by molar-refractivity contribution is -0.157. The van der Waals surface area contributed by atoms with Crippen molar-refractivity contribution in [1.82, 2.24) is 10.6 Å². The van der Waals surface area contributed by atoms with E-state index in [2.05, 4.69) is 10.6 Å². The van der Waals surface area contributed by atoms with Crippen LogP contribution in [0.2, 0.25) is 0 Å². The van der Waals surface area contributed by atoms with Crippen molar-refractivity contribution in [2.45, 2.75) is 82.2 Å². The molecule has 0 saturated carbocycles. The van der Waals surface area contributed by atoms with E-state index in [0.717, 1.165) is 16.7 Å². The zero-order chi connectivity index (χ0) is 40.1. The van der Waals surface area contributed by atoms with E-state index >= 15 is 0 Å². The molecule has 0 bridgehead atoms. The van der Waals surface area contributed by atoms with Gasteiger partial charge in [0, 0.05) is 42.5 Å². The van der Waals surface area contributed by atoms with Crippen LogP contribution in [0.1, 0.15) is 73.5 Å². The molecule has 2 aliphatic rings. The maximum Gasteiger partial charge on any atom is 0.338 e. The second kappa shape index (κ2) is 19.5. The minimum atomic E-state index is -1.37. The van der Waals surface area contributed by atoms with Crippen molar-refractivity contribution in [2.24, 2.45) is 0 Å². The van der Waals surface area contributed by atoms with Gasteiger partial charge in [0.15, 0.2) is 0 Å². The molecule has 1 heterocycles. The second-order valence-electron chi connectivity index (χ2n) is 14.5. The number of carbonyl (C=O) groups excluding carboxylic acids is 4. The highest BCUT2D eigenvalue weighted by Gasteiger charge is 2.55. The molecule has 1 aliphatic heterocycles. The number of hydrogen-bond acceptors (Lipinski definition) is 11. The van der Waals surface area contributed by atoms with E-state index in [4.69, 9.17) is 28.8 Å². The van der Waals surface area contributed by atoms with Crippen LogP contribution >= 0.6 is 0 Å². The first-order valence-corrected chi connectivity index (χ1v) is 18.7. The van der Waals surface area contributed by atoms with Gasteiger partial charge in [-0.2, -0.15) is 0 Å². The number of amides is 2. The average Bonchev–Trinajstić information content (AvgIpc) is 3.60. The zero-order valence-corrected chi connectivity index (χ0v) is 31.8. The van der Waals surface area contributed by atoms with E-state index in [1.54, 1.807) is 57.2 Å². The summed E-state index contributed by atoms with van der Waals surface area (Å²) in [6, 6.07) is 24.8. The van der Waals surface area contributed by atoms with Crippen molar-refractivity contribution in [3.05, 3.63) is 125 Å². The van der Waals surface area contributed by atoms with Crippen LogP contribution in [0.15, 0.2) is 103 Å². The predicted molar refractivity (Wildman–Crippen MR) is 206 cm³/mol. The van der Waals surface area contributed by atoms with Gasteiger partial charge in [-0.3, -0.25) is 14.4 Å². The van der Waals surface area contributed by atoms with Crippen LogP contribution in [0.3, 0.4) is 0 Å². The normalized spacial score (nSPS) is 19.3. The summed E-state index contributed by atoms with van der Waals surface area (Å²) >= 11 is 0. The van der Waals surface area contributed by atoms with E-state index in [1.165, 1.54) is 6.26 Å². The lowest BCUT2D eigenvalue weighted by atomic mass is 9.91. The van der Waals surface area contributed by atoms with Gasteiger partial charge in [0.05, 0.1) is 31.1 Å². The van der Waals surface area contributed by atoms with Crippen molar-refractivity contribution in [1.29, 1.82) is 0 Å². The topological polar surface area (TPSA) is 179 Å². The number of nitrogens with one attached hydrogen (secondary N) is 2. The van der Waals surface area contributed by atoms with E-state index in [-0.39, 0.29) is 57.6 Å². The number of hydrogen-bond donors (Lipinski definition) is 4. The van der Waals surface area contributed by atoms with Crippen LogP contribution in [0.25, 0.3) is 6.08 Å². The fraction of sp³-hybridized carbons (Fsp3) is 0.395. The van der Waals surface area contributed by atoms with E-state index in [1.807, 2.05) is 60.7 Å². The third-order valence-electron chi connectivity index (χ3n) is 8.99. The van der Waals surface area contributed by atoms with Crippen LogP contribution in [-0.2, 0) is 43.9 Å². The van der Waals surface area contributed by atoms with Gasteiger partial charge in [-0.1, -0.05) is 72.8 Å². The number of aliphatic hydroxyl groups is 2. The van der Waals surface area contributed by atoms with E-state index in [0.29, 0.717) is 5.57 Å². The minimum Gasteiger partial charge on any atom is -0.499 e. The van der Waals surface area contributed by atoms with Gasteiger partial charge < -0.3 is 44.5 Å². The molecule has 13 heteroatoms. The first kappa shape index (κ1) is 41.8. The Bertz CT molecular complexity index is 1800. The summed E-state index contributed by atoms with van der Waals surface area (Å²) < 4.78 is 30.1. The van der Waals surface area contributed by atoms with Crippen LogP contribution in [0, 0.1) is 0 Å². The van der Waals surface area contributed by atoms with Gasteiger partial charge in [0.1, 0.15) is 30.5 Å². The summed E-state index contributed by atoms with van der Waals surface area (Å²) in [4.78, 5) is 52.1. The van der Waals surface area contributed by atoms with Crippen molar-refractivity contribution in [2.75, 3.05) is 26.4 Å². The van der Waals surface area contributed by atoms with Gasteiger partial charge in [0.25, 0.3) is 0 Å². The fourth-order valence-corrected chi connectivity index (χ4v) is 6.37. The SMILES string of the molecule is CC(C)(C)OC(=O)CC[C@@H](CO)NC(=O)CCNC(=O)C1=C[C@H]2OC(c3ccccc3)(c3ccccc3)O[C@H]2[C@H](OC(=O)c2ccc(C=COCCO)cc2)C1. The quantitative estimate of drug-likeness (QED) is 0.0874. The number of ether oxygens (including phenoxy) is 5. The number of carbonyl (C=O) groups is 4. The summed E-state index contributed by atoms with van der Waals surface area (Å²) in [5.74, 6) is -3.31. The van der Waals surface area contributed by atoms with Crippen LogP contribution in [-0.4, -0.2) is 90.3 Å². The first-order valence-electron chi connectivity index (χ1n) is 18.7. The Hall–Kier alpha value is -5.34. The molecular formula is C43H50N2O11. The first-order chi connectivity index (χ1) is 26.9. The number of rotatable bonds is 17. The van der Waals surface area contributed by atoms with Gasteiger partial charge in [-0.25, -0.2) is 4.79 Å². The molecule has 3 aromatic rings. The van der Waals surface area contributed by atoms with Gasteiger partial charge in [-0.05, 0) is 57.0 Å². The molecule has 13 nitrogen and oxygen atoms in total. The van der Waals surface area contributed by atoms with Crippen LogP contribution in [0.4, 0.5) is 0 Å².